The van der Waals surface area contributed by atoms with Gasteiger partial charge in [-0.3, -0.25) is 0 Å². The quantitative estimate of drug-likeness (QED) is 0.157. The van der Waals surface area contributed by atoms with Crippen molar-refractivity contribution in [1.29, 1.82) is 0 Å². The van der Waals surface area contributed by atoms with Crippen LogP contribution in [0.4, 0.5) is 0 Å². The average Bonchev–Trinajstić information content (AvgIpc) is 3.38. The van der Waals surface area contributed by atoms with Crippen molar-refractivity contribution in [2.45, 2.75) is 46.6 Å². The number of ether oxygens (including phenoxy) is 1. The van der Waals surface area contributed by atoms with Crippen LogP contribution >= 0.6 is 0 Å². The lowest BCUT2D eigenvalue weighted by atomic mass is 9.86. The molecule has 2 heteroatoms. The molecule has 1 aliphatic heterocycles. The van der Waals surface area contributed by atoms with Gasteiger partial charge >= 0.3 is 0 Å². The highest BCUT2D eigenvalue weighted by molar-refractivity contribution is 5.91. The summed E-state index contributed by atoms with van der Waals surface area (Å²) in [5.74, 6) is 1.45. The van der Waals surface area contributed by atoms with E-state index in [2.05, 4.69) is 172 Å². The first-order valence-electron chi connectivity index (χ1n) is 19.8. The van der Waals surface area contributed by atoms with Crippen molar-refractivity contribution in [2.75, 3.05) is 0 Å². The van der Waals surface area contributed by atoms with Gasteiger partial charge in [-0.25, -0.2) is 0 Å². The molecule has 0 amide bonds. The summed E-state index contributed by atoms with van der Waals surface area (Å²) in [7, 11) is 0. The minimum absolute atomic E-state index is 0.414. The highest BCUT2D eigenvalue weighted by atomic mass is 16.5. The molecule has 0 aromatic heterocycles. The Morgan fingerprint density at radius 3 is 1.79 bits per heavy atom. The number of allylic oxidation sites excluding steroid dienone is 8. The van der Waals surface area contributed by atoms with E-state index in [1.807, 2.05) is 75.4 Å². The fourth-order valence-corrected chi connectivity index (χ4v) is 6.58. The van der Waals surface area contributed by atoms with Gasteiger partial charge in [0, 0.05) is 5.56 Å². The number of hydrogen-bond acceptors (Lipinski definition) is 2. The lowest BCUT2D eigenvalue weighted by molar-refractivity contribution is 0.402. The topological polar surface area (TPSA) is 35.2 Å². The molecule has 2 nitrogen and oxygen atoms in total. The van der Waals surface area contributed by atoms with Crippen LogP contribution in [0, 0.1) is 6.92 Å². The van der Waals surface area contributed by atoms with Crippen LogP contribution in [-0.4, -0.2) is 0 Å². The van der Waals surface area contributed by atoms with Crippen molar-refractivity contribution in [3.8, 4) is 11.1 Å². The molecule has 7 rings (SSSR count). The number of benzene rings is 6. The van der Waals surface area contributed by atoms with Crippen molar-refractivity contribution >= 4 is 16.9 Å². The highest BCUT2D eigenvalue weighted by Gasteiger charge is 2.22. The Hall–Kier alpha value is -6.48. The predicted molar refractivity (Wildman–Crippen MR) is 246 cm³/mol. The molecule has 6 aromatic carbocycles. The van der Waals surface area contributed by atoms with Gasteiger partial charge in [0.05, 0.1) is 5.54 Å². The first-order valence-corrected chi connectivity index (χ1v) is 19.8. The van der Waals surface area contributed by atoms with Gasteiger partial charge in [0.25, 0.3) is 0 Å². The van der Waals surface area contributed by atoms with Crippen molar-refractivity contribution in [2.24, 2.45) is 5.73 Å². The lowest BCUT2D eigenvalue weighted by Crippen LogP contribution is -2.34. The molecule has 2 N–H and O–H groups in total. The molecule has 57 heavy (non-hydrogen) atoms. The van der Waals surface area contributed by atoms with E-state index in [0.29, 0.717) is 5.76 Å². The molecular weight excluding hydrogens is 691 g/mol. The molecule has 0 saturated carbocycles. The van der Waals surface area contributed by atoms with Crippen LogP contribution in [0.2, 0.25) is 0 Å². The van der Waals surface area contributed by atoms with Gasteiger partial charge in [0.2, 0.25) is 0 Å². The van der Waals surface area contributed by atoms with Crippen molar-refractivity contribution < 1.29 is 4.74 Å². The Balaban J connectivity index is 0.000000304. The Bertz CT molecular complexity index is 2300. The first kappa shape index (κ1) is 41.7. The summed E-state index contributed by atoms with van der Waals surface area (Å²) >= 11 is 0. The average molecular weight is 746 g/mol. The number of nitrogens with two attached hydrogens (primary N) is 1. The Kier molecular flexibility index (Phi) is 15.4. The van der Waals surface area contributed by atoms with E-state index in [1.54, 1.807) is 0 Å². The molecule has 286 valence electrons. The fraction of sp³-hybridized carbons (Fsp3) is 0.127. The molecule has 1 heterocycles. The van der Waals surface area contributed by atoms with E-state index < -0.39 is 5.54 Å². The van der Waals surface area contributed by atoms with Gasteiger partial charge in [-0.1, -0.05) is 208 Å². The van der Waals surface area contributed by atoms with Crippen LogP contribution in [0.1, 0.15) is 73.1 Å². The van der Waals surface area contributed by atoms with Crippen LogP contribution in [0.25, 0.3) is 28.0 Å². The second-order valence-electron chi connectivity index (χ2n) is 13.8. The third-order valence-electron chi connectivity index (χ3n) is 9.68. The standard InChI is InChI=1S/C39H34O.C14H15N.C2H6/c1-4-31(32-22-24-34(25-23-32)39-21-11-6-5-8-15-30(3)40-39)28-38(33-16-9-7-10-17-33)37-20-13-19-36(27-37)35-18-12-14-29(2)26-35;1-14(15,12-8-4-2-5-9-12)13-10-6-3-7-11-13;1-2/h4-10,12-28H,3,11H2,1-2H3;2-11H,15H2,1H3;1-2H3/b6-5-,15-8-,31-4+,38-28+,39-21-;;. The van der Waals surface area contributed by atoms with Gasteiger partial charge in [-0.05, 0) is 102 Å². The summed E-state index contributed by atoms with van der Waals surface area (Å²) in [4.78, 5) is 0. The molecule has 0 aliphatic carbocycles. The molecule has 0 spiro atoms. The number of hydrogen-bond donors (Lipinski definition) is 1. The minimum atomic E-state index is -0.414. The van der Waals surface area contributed by atoms with Crippen LogP contribution in [0.15, 0.2) is 219 Å². The number of aryl methyl sites for hydroxylation is 1. The second kappa shape index (κ2) is 21.0. The maximum Gasteiger partial charge on any atom is 0.130 e. The Morgan fingerprint density at radius 2 is 1.19 bits per heavy atom. The van der Waals surface area contributed by atoms with E-state index >= 15 is 0 Å². The molecule has 1 aliphatic rings. The van der Waals surface area contributed by atoms with Gasteiger partial charge < -0.3 is 10.5 Å². The lowest BCUT2D eigenvalue weighted by Gasteiger charge is -2.25. The zero-order chi connectivity index (χ0) is 40.5. The van der Waals surface area contributed by atoms with E-state index in [0.717, 1.165) is 40.0 Å². The van der Waals surface area contributed by atoms with Crippen molar-refractivity contribution in [3.05, 3.63) is 258 Å². The predicted octanol–water partition coefficient (Wildman–Crippen LogP) is 14.5. The van der Waals surface area contributed by atoms with E-state index in [4.69, 9.17) is 10.5 Å². The summed E-state index contributed by atoms with van der Waals surface area (Å²) in [6.07, 6.45) is 15.3. The zero-order valence-corrected chi connectivity index (χ0v) is 34.0. The molecule has 0 radical (unpaired) electrons. The van der Waals surface area contributed by atoms with Crippen LogP contribution in [0.3, 0.4) is 0 Å². The van der Waals surface area contributed by atoms with E-state index in [9.17, 15) is 0 Å². The van der Waals surface area contributed by atoms with Gasteiger partial charge in [0.1, 0.15) is 11.5 Å². The monoisotopic (exact) mass is 745 g/mol. The van der Waals surface area contributed by atoms with Crippen molar-refractivity contribution in [1.82, 2.24) is 0 Å². The molecule has 0 bridgehead atoms. The van der Waals surface area contributed by atoms with Gasteiger partial charge in [-0.2, -0.15) is 0 Å². The SMILES string of the molecule is C=C1/C=C\C=C/C/C=C(/c2ccc(C(=C/C)/C=C(\c3ccccc3)c3cccc(-c4cccc(C)c4)c3)cc2)O1.CC.CC(N)(c1ccccc1)c1ccccc1. The molecule has 0 unspecified atom stereocenters. The Labute approximate surface area is 341 Å². The Morgan fingerprint density at radius 1 is 0.632 bits per heavy atom. The summed E-state index contributed by atoms with van der Waals surface area (Å²) < 4.78 is 6.03. The zero-order valence-electron chi connectivity index (χ0n) is 34.0. The molecule has 6 aromatic rings. The van der Waals surface area contributed by atoms with E-state index in [1.165, 1.54) is 33.4 Å². The number of rotatable bonds is 8. The third kappa shape index (κ3) is 11.5. The second-order valence-corrected chi connectivity index (χ2v) is 13.8. The van der Waals surface area contributed by atoms with Crippen LogP contribution in [-0.2, 0) is 10.3 Å². The molecule has 0 atom stereocenters. The minimum Gasteiger partial charge on any atom is -0.458 e. The van der Waals surface area contributed by atoms with Crippen LogP contribution in [0.5, 0.6) is 0 Å². The maximum absolute atomic E-state index is 6.36. The third-order valence-corrected chi connectivity index (χ3v) is 9.68. The summed E-state index contributed by atoms with van der Waals surface area (Å²) in [6.45, 7) is 14.3. The molecular formula is C55H55NO. The normalized spacial score (nSPS) is 15.1. The van der Waals surface area contributed by atoms with E-state index in [-0.39, 0.29) is 0 Å². The smallest absolute Gasteiger partial charge is 0.130 e. The fourth-order valence-electron chi connectivity index (χ4n) is 6.58. The summed E-state index contributed by atoms with van der Waals surface area (Å²) in [5, 5.41) is 0. The largest absolute Gasteiger partial charge is 0.458 e. The first-order chi connectivity index (χ1) is 27.8. The highest BCUT2D eigenvalue weighted by Crippen LogP contribution is 2.32. The maximum atomic E-state index is 6.36. The molecule has 0 fully saturated rings. The van der Waals surface area contributed by atoms with Crippen molar-refractivity contribution in [3.63, 3.8) is 0 Å². The van der Waals surface area contributed by atoms with Gasteiger partial charge in [0.15, 0.2) is 0 Å². The summed E-state index contributed by atoms with van der Waals surface area (Å²) in [5.41, 5.74) is 18.8. The molecule has 0 saturated heterocycles. The van der Waals surface area contributed by atoms with Gasteiger partial charge in [-0.15, -0.1) is 0 Å². The summed E-state index contributed by atoms with van der Waals surface area (Å²) in [6, 6.07) is 57.0. The van der Waals surface area contributed by atoms with Crippen LogP contribution < -0.4 is 5.73 Å².